The van der Waals surface area contributed by atoms with Crippen molar-refractivity contribution in [1.29, 1.82) is 0 Å². The van der Waals surface area contributed by atoms with Crippen LogP contribution in [0.4, 0.5) is 0 Å². The minimum atomic E-state index is -0.0870. The Morgan fingerprint density at radius 3 is 3.00 bits per heavy atom. The first-order valence-corrected chi connectivity index (χ1v) is 4.20. The highest BCUT2D eigenvalue weighted by atomic mass is 16.2. The lowest BCUT2D eigenvalue weighted by molar-refractivity contribution is 0.350. The summed E-state index contributed by atoms with van der Waals surface area (Å²) in [5.74, 6) is 5.48. The molecule has 0 unspecified atom stereocenters. The fraction of sp³-hybridized carbons (Fsp3) is 0.273. The van der Waals surface area contributed by atoms with Crippen molar-refractivity contribution in [3.05, 3.63) is 35.4 Å². The summed E-state index contributed by atoms with van der Waals surface area (Å²) in [7, 11) is 1.91. The first-order chi connectivity index (χ1) is 6.36. The van der Waals surface area contributed by atoms with Crippen LogP contribution in [0.1, 0.15) is 11.1 Å². The molecule has 0 radical (unpaired) electrons. The van der Waals surface area contributed by atoms with E-state index < -0.39 is 0 Å². The van der Waals surface area contributed by atoms with E-state index in [0.717, 1.165) is 12.1 Å². The third-order valence-corrected chi connectivity index (χ3v) is 1.62. The number of hydrogen-bond donors (Lipinski definition) is 2. The monoisotopic (exact) mass is 175 g/mol. The zero-order valence-electron chi connectivity index (χ0n) is 7.67. The molecule has 0 heterocycles. The molecule has 0 amide bonds. The normalized spacial score (nSPS) is 9.08. The number of aliphatic hydroxyl groups is 1. The van der Waals surface area contributed by atoms with Crippen LogP contribution in [-0.4, -0.2) is 18.8 Å². The van der Waals surface area contributed by atoms with Crippen LogP contribution in [-0.2, 0) is 6.54 Å². The van der Waals surface area contributed by atoms with Gasteiger partial charge in [-0.1, -0.05) is 24.0 Å². The van der Waals surface area contributed by atoms with Crippen LogP contribution in [0.2, 0.25) is 0 Å². The van der Waals surface area contributed by atoms with E-state index in [4.69, 9.17) is 5.11 Å². The summed E-state index contributed by atoms with van der Waals surface area (Å²) in [5.41, 5.74) is 2.15. The minimum Gasteiger partial charge on any atom is -0.384 e. The van der Waals surface area contributed by atoms with Gasteiger partial charge in [0.2, 0.25) is 0 Å². The van der Waals surface area contributed by atoms with Gasteiger partial charge in [0, 0.05) is 12.1 Å². The third kappa shape index (κ3) is 3.29. The van der Waals surface area contributed by atoms with Crippen LogP contribution in [0.15, 0.2) is 24.3 Å². The lowest BCUT2D eigenvalue weighted by atomic mass is 10.1. The van der Waals surface area contributed by atoms with Crippen molar-refractivity contribution in [3.8, 4) is 11.8 Å². The Morgan fingerprint density at radius 1 is 1.46 bits per heavy atom. The molecule has 0 aliphatic carbocycles. The molecule has 2 nitrogen and oxygen atoms in total. The Kier molecular flexibility index (Phi) is 4.04. The molecule has 0 aromatic heterocycles. The zero-order valence-corrected chi connectivity index (χ0v) is 7.67. The molecule has 1 aromatic carbocycles. The van der Waals surface area contributed by atoms with E-state index >= 15 is 0 Å². The summed E-state index contributed by atoms with van der Waals surface area (Å²) < 4.78 is 0. The molecule has 68 valence electrons. The Balaban J connectivity index is 2.79. The molecule has 0 bridgehead atoms. The van der Waals surface area contributed by atoms with Gasteiger partial charge in [-0.15, -0.1) is 0 Å². The average molecular weight is 175 g/mol. The molecule has 2 N–H and O–H groups in total. The Hall–Kier alpha value is -1.30. The minimum absolute atomic E-state index is 0.0870. The van der Waals surface area contributed by atoms with Crippen LogP contribution in [0, 0.1) is 11.8 Å². The van der Waals surface area contributed by atoms with Crippen molar-refractivity contribution >= 4 is 0 Å². The number of benzene rings is 1. The van der Waals surface area contributed by atoms with E-state index in [9.17, 15) is 0 Å². The Morgan fingerprint density at radius 2 is 2.31 bits per heavy atom. The molecule has 1 rings (SSSR count). The second kappa shape index (κ2) is 5.36. The summed E-state index contributed by atoms with van der Waals surface area (Å²) in [5, 5.41) is 11.6. The Bertz CT molecular complexity index is 322. The van der Waals surface area contributed by atoms with Crippen molar-refractivity contribution in [2.45, 2.75) is 6.54 Å². The van der Waals surface area contributed by atoms with E-state index in [0.29, 0.717) is 0 Å². The smallest absolute Gasteiger partial charge is 0.104 e. The molecule has 0 aliphatic rings. The van der Waals surface area contributed by atoms with Crippen molar-refractivity contribution in [1.82, 2.24) is 5.32 Å². The topological polar surface area (TPSA) is 32.3 Å². The van der Waals surface area contributed by atoms with Crippen molar-refractivity contribution < 1.29 is 5.11 Å². The van der Waals surface area contributed by atoms with Crippen molar-refractivity contribution in [3.63, 3.8) is 0 Å². The highest BCUT2D eigenvalue weighted by molar-refractivity contribution is 5.37. The van der Waals surface area contributed by atoms with Gasteiger partial charge in [0.15, 0.2) is 0 Å². The van der Waals surface area contributed by atoms with Gasteiger partial charge in [-0.2, -0.15) is 0 Å². The summed E-state index contributed by atoms with van der Waals surface area (Å²) >= 11 is 0. The van der Waals surface area contributed by atoms with E-state index in [1.54, 1.807) is 0 Å². The van der Waals surface area contributed by atoms with E-state index in [1.807, 2.05) is 31.3 Å². The summed E-state index contributed by atoms with van der Waals surface area (Å²) in [6, 6.07) is 7.95. The van der Waals surface area contributed by atoms with Crippen molar-refractivity contribution in [2.75, 3.05) is 13.7 Å². The van der Waals surface area contributed by atoms with Gasteiger partial charge in [0.05, 0.1) is 0 Å². The van der Waals surface area contributed by atoms with Gasteiger partial charge < -0.3 is 10.4 Å². The van der Waals surface area contributed by atoms with Crippen molar-refractivity contribution in [2.24, 2.45) is 0 Å². The maximum Gasteiger partial charge on any atom is 0.104 e. The predicted octanol–water partition coefficient (Wildman–Crippen LogP) is 0.750. The molecule has 13 heavy (non-hydrogen) atoms. The average Bonchev–Trinajstić information content (AvgIpc) is 2.16. The molecular weight excluding hydrogens is 162 g/mol. The molecule has 2 heteroatoms. The maximum atomic E-state index is 8.51. The van der Waals surface area contributed by atoms with Crippen LogP contribution < -0.4 is 5.32 Å². The lowest BCUT2D eigenvalue weighted by Crippen LogP contribution is -2.04. The van der Waals surface area contributed by atoms with Crippen LogP contribution in [0.5, 0.6) is 0 Å². The highest BCUT2D eigenvalue weighted by Gasteiger charge is 1.90. The standard InChI is InChI=1S/C11H13NO/c1-12-9-11-5-2-4-10(8-11)6-3-7-13/h2,4-5,8,12-13H,7,9H2,1H3. The quantitative estimate of drug-likeness (QED) is 0.650. The number of aliphatic hydroxyl groups excluding tert-OH is 1. The van der Waals surface area contributed by atoms with Crippen LogP contribution in [0.3, 0.4) is 0 Å². The molecule has 0 aliphatic heterocycles. The molecular formula is C11H13NO. The first kappa shape index (κ1) is 9.79. The number of rotatable bonds is 2. The van der Waals surface area contributed by atoms with E-state index in [2.05, 4.69) is 17.2 Å². The van der Waals surface area contributed by atoms with Gasteiger partial charge in [0.1, 0.15) is 6.61 Å². The molecule has 0 atom stereocenters. The van der Waals surface area contributed by atoms with E-state index in [-0.39, 0.29) is 6.61 Å². The maximum absolute atomic E-state index is 8.51. The van der Waals surface area contributed by atoms with Gasteiger partial charge >= 0.3 is 0 Å². The van der Waals surface area contributed by atoms with Gasteiger partial charge in [-0.25, -0.2) is 0 Å². The second-order valence-electron chi connectivity index (χ2n) is 2.69. The molecule has 0 saturated carbocycles. The number of hydrogen-bond acceptors (Lipinski definition) is 2. The fourth-order valence-corrected chi connectivity index (χ4v) is 1.10. The van der Waals surface area contributed by atoms with Crippen LogP contribution >= 0.6 is 0 Å². The first-order valence-electron chi connectivity index (χ1n) is 4.20. The van der Waals surface area contributed by atoms with Gasteiger partial charge in [0.25, 0.3) is 0 Å². The fourth-order valence-electron chi connectivity index (χ4n) is 1.10. The van der Waals surface area contributed by atoms with Gasteiger partial charge in [-0.05, 0) is 24.7 Å². The largest absolute Gasteiger partial charge is 0.384 e. The van der Waals surface area contributed by atoms with E-state index in [1.165, 1.54) is 5.56 Å². The lowest BCUT2D eigenvalue weighted by Gasteiger charge is -1.99. The SMILES string of the molecule is CNCc1cccc(C#CCO)c1. The number of nitrogens with one attached hydrogen (secondary N) is 1. The van der Waals surface area contributed by atoms with Crippen LogP contribution in [0.25, 0.3) is 0 Å². The predicted molar refractivity (Wildman–Crippen MR) is 53.2 cm³/mol. The molecule has 0 saturated heterocycles. The van der Waals surface area contributed by atoms with Gasteiger partial charge in [-0.3, -0.25) is 0 Å². The summed E-state index contributed by atoms with van der Waals surface area (Å²) in [6.07, 6.45) is 0. The second-order valence-corrected chi connectivity index (χ2v) is 2.69. The third-order valence-electron chi connectivity index (χ3n) is 1.62. The summed E-state index contributed by atoms with van der Waals surface area (Å²) in [4.78, 5) is 0. The Labute approximate surface area is 78.6 Å². The molecule has 0 fully saturated rings. The highest BCUT2D eigenvalue weighted by Crippen LogP contribution is 2.03. The zero-order chi connectivity index (χ0) is 9.52. The molecule has 0 spiro atoms. The summed E-state index contributed by atoms with van der Waals surface area (Å²) in [6.45, 7) is 0.755. The molecule has 1 aromatic rings.